The Morgan fingerprint density at radius 1 is 0.800 bits per heavy atom. The van der Waals surface area contributed by atoms with Crippen LogP contribution in [0.25, 0.3) is 29.7 Å². The van der Waals surface area contributed by atoms with Gasteiger partial charge in [-0.15, -0.1) is 45.3 Å². The van der Waals surface area contributed by atoms with Crippen molar-refractivity contribution in [1.29, 1.82) is 5.26 Å². The third-order valence-electron chi connectivity index (χ3n) is 7.48. The Balaban J connectivity index is 1.61. The molecular weight excluding hydrogens is 521 g/mol. The van der Waals surface area contributed by atoms with Crippen molar-refractivity contribution in [1.82, 2.24) is 4.98 Å². The lowest BCUT2D eigenvalue weighted by Crippen LogP contribution is -2.54. The lowest BCUT2D eigenvalue weighted by Gasteiger charge is -2.29. The van der Waals surface area contributed by atoms with E-state index in [9.17, 15) is 5.26 Å². The molecule has 5 rings (SSSR count). The van der Waals surface area contributed by atoms with Crippen LogP contribution in [0.4, 0.5) is 0 Å². The zero-order valence-electron chi connectivity index (χ0n) is 21.3. The number of hydrogen-bond acceptors (Lipinski definition) is 6. The molecule has 0 bridgehead atoms. The number of rotatable bonds is 11. The highest BCUT2D eigenvalue weighted by Gasteiger charge is 2.47. The number of hydrogen-bond donors (Lipinski definition) is 0. The van der Waals surface area contributed by atoms with Gasteiger partial charge >= 0.3 is 0 Å². The van der Waals surface area contributed by atoms with Crippen molar-refractivity contribution in [3.05, 3.63) is 26.9 Å². The van der Waals surface area contributed by atoms with E-state index in [4.69, 9.17) is 4.98 Å². The molecule has 0 saturated carbocycles. The molecule has 4 aromatic rings. The highest BCUT2D eigenvalue weighted by molar-refractivity contribution is 7.33. The first kappa shape index (κ1) is 25.4. The second kappa shape index (κ2) is 10.6. The van der Waals surface area contributed by atoms with Gasteiger partial charge in [0.2, 0.25) is 0 Å². The number of nitriles is 1. The molecule has 0 atom stereocenters. The SMILES string of the molecule is CCCCCC[Si]1(CCCCCC)c2cc(C)sc2-c2sc(-c3sc(C)c4sc(C#N)nc34)cc21. The molecule has 0 fully saturated rings. The fraction of sp³-hybridized carbons (Fsp3) is 0.500. The lowest BCUT2D eigenvalue weighted by atomic mass is 10.2. The van der Waals surface area contributed by atoms with E-state index in [1.165, 1.54) is 87.7 Å². The first-order chi connectivity index (χ1) is 17.0. The number of fused-ring (bicyclic) bond motifs is 4. The smallest absolute Gasteiger partial charge is 0.195 e. The molecule has 0 aromatic carbocycles. The van der Waals surface area contributed by atoms with Gasteiger partial charge in [0.15, 0.2) is 5.01 Å². The Kier molecular flexibility index (Phi) is 7.67. The Hall–Kier alpha value is -1.30. The van der Waals surface area contributed by atoms with Crippen molar-refractivity contribution < 1.29 is 0 Å². The standard InChI is InChI=1S/C28H34N2S4Si/c1-5-7-9-11-13-35(14-12-10-8-6-2)21-15-18(3)31-27(21)28-22(35)16-20(33-28)26-24-25(19(4)32-26)34-23(17-29)30-24/h15-16H,5-14H2,1-4H3. The number of aromatic nitrogens is 1. The molecule has 4 aromatic heterocycles. The minimum absolute atomic E-state index is 0.586. The molecule has 184 valence electrons. The summed E-state index contributed by atoms with van der Waals surface area (Å²) in [7, 11) is -1.77. The van der Waals surface area contributed by atoms with Gasteiger partial charge < -0.3 is 0 Å². The predicted octanol–water partition coefficient (Wildman–Crippen LogP) is 9.34. The first-order valence-electron chi connectivity index (χ1n) is 13.1. The molecule has 0 spiro atoms. The average molecular weight is 555 g/mol. The summed E-state index contributed by atoms with van der Waals surface area (Å²) in [5.41, 5.74) is 1.05. The monoisotopic (exact) mass is 554 g/mol. The van der Waals surface area contributed by atoms with Crippen LogP contribution in [0.5, 0.6) is 0 Å². The Morgan fingerprint density at radius 3 is 2.11 bits per heavy atom. The Labute approximate surface area is 226 Å². The molecule has 2 nitrogen and oxygen atoms in total. The molecule has 0 saturated heterocycles. The molecule has 0 radical (unpaired) electrons. The van der Waals surface area contributed by atoms with Gasteiger partial charge in [0.25, 0.3) is 0 Å². The maximum absolute atomic E-state index is 9.44. The van der Waals surface area contributed by atoms with Crippen molar-refractivity contribution >= 4 is 74.0 Å². The molecule has 1 aliphatic rings. The Bertz CT molecular complexity index is 1370. The number of unbranched alkanes of at least 4 members (excludes halogenated alkanes) is 6. The van der Waals surface area contributed by atoms with Crippen LogP contribution in [0.3, 0.4) is 0 Å². The van der Waals surface area contributed by atoms with Crippen molar-refractivity contribution in [2.45, 2.75) is 91.1 Å². The zero-order valence-corrected chi connectivity index (χ0v) is 25.5. The van der Waals surface area contributed by atoms with E-state index in [1.807, 2.05) is 34.0 Å². The maximum atomic E-state index is 9.44. The zero-order chi connectivity index (χ0) is 24.6. The normalized spacial score (nSPS) is 13.9. The van der Waals surface area contributed by atoms with Gasteiger partial charge in [-0.1, -0.05) is 65.2 Å². The van der Waals surface area contributed by atoms with Crippen LogP contribution >= 0.6 is 45.3 Å². The quantitative estimate of drug-likeness (QED) is 0.137. The highest BCUT2D eigenvalue weighted by Crippen LogP contribution is 2.48. The van der Waals surface area contributed by atoms with E-state index in [0.717, 1.165) is 5.52 Å². The molecular formula is C28H34N2S4Si. The van der Waals surface area contributed by atoms with E-state index < -0.39 is 8.07 Å². The van der Waals surface area contributed by atoms with Gasteiger partial charge in [-0.05, 0) is 48.4 Å². The third-order valence-corrected chi connectivity index (χ3v) is 17.9. The molecule has 0 unspecified atom stereocenters. The summed E-state index contributed by atoms with van der Waals surface area (Å²) in [6.45, 7) is 9.11. The highest BCUT2D eigenvalue weighted by atomic mass is 32.1. The van der Waals surface area contributed by atoms with E-state index in [2.05, 4.69) is 45.9 Å². The Morgan fingerprint density at radius 2 is 1.46 bits per heavy atom. The van der Waals surface area contributed by atoms with E-state index in [-0.39, 0.29) is 0 Å². The molecule has 7 heteroatoms. The summed E-state index contributed by atoms with van der Waals surface area (Å²) in [4.78, 5) is 13.3. The van der Waals surface area contributed by atoms with Crippen molar-refractivity contribution in [3.8, 4) is 25.6 Å². The molecule has 0 aliphatic carbocycles. The van der Waals surface area contributed by atoms with Crippen LogP contribution in [0.15, 0.2) is 12.1 Å². The van der Waals surface area contributed by atoms with Crippen LogP contribution in [0.1, 0.15) is 80.0 Å². The van der Waals surface area contributed by atoms with Gasteiger partial charge in [-0.3, -0.25) is 0 Å². The van der Waals surface area contributed by atoms with Gasteiger partial charge in [0.1, 0.15) is 19.7 Å². The first-order valence-corrected chi connectivity index (χ1v) is 18.8. The summed E-state index contributed by atoms with van der Waals surface area (Å²) in [5.74, 6) is 0. The molecule has 1 aliphatic heterocycles. The van der Waals surface area contributed by atoms with Crippen LogP contribution in [0.2, 0.25) is 12.1 Å². The van der Waals surface area contributed by atoms with Gasteiger partial charge in [-0.2, -0.15) is 5.26 Å². The number of thiazole rings is 1. The summed E-state index contributed by atoms with van der Waals surface area (Å²) in [6.07, 6.45) is 10.8. The maximum Gasteiger partial charge on any atom is 0.195 e. The number of nitrogens with zero attached hydrogens (tertiary/aromatic N) is 2. The van der Waals surface area contributed by atoms with E-state index in [1.54, 1.807) is 31.5 Å². The van der Waals surface area contributed by atoms with Gasteiger partial charge in [-0.25, -0.2) is 4.98 Å². The number of aryl methyl sites for hydroxylation is 2. The molecule has 5 heterocycles. The van der Waals surface area contributed by atoms with Crippen LogP contribution in [-0.4, -0.2) is 13.1 Å². The summed E-state index contributed by atoms with van der Waals surface area (Å²) >= 11 is 7.44. The average Bonchev–Trinajstić information content (AvgIpc) is 3.63. The van der Waals surface area contributed by atoms with E-state index in [0.29, 0.717) is 5.01 Å². The van der Waals surface area contributed by atoms with Gasteiger partial charge in [0.05, 0.1) is 9.58 Å². The van der Waals surface area contributed by atoms with Crippen molar-refractivity contribution in [2.75, 3.05) is 0 Å². The second-order valence-electron chi connectivity index (χ2n) is 9.95. The lowest BCUT2D eigenvalue weighted by molar-refractivity contribution is 0.684. The minimum Gasteiger partial charge on any atom is -0.224 e. The second-order valence-corrected chi connectivity index (χ2v) is 18.7. The van der Waals surface area contributed by atoms with Crippen LogP contribution < -0.4 is 10.4 Å². The number of thiophene rings is 3. The van der Waals surface area contributed by atoms with E-state index >= 15 is 0 Å². The third kappa shape index (κ3) is 4.51. The van der Waals surface area contributed by atoms with Crippen LogP contribution in [0, 0.1) is 25.2 Å². The molecule has 0 N–H and O–H groups in total. The largest absolute Gasteiger partial charge is 0.224 e. The fourth-order valence-corrected chi connectivity index (χ4v) is 17.3. The molecule has 35 heavy (non-hydrogen) atoms. The molecule has 0 amide bonds. The van der Waals surface area contributed by atoms with Gasteiger partial charge in [0, 0.05) is 24.4 Å². The summed E-state index contributed by atoms with van der Waals surface area (Å²) in [5, 5.41) is 13.5. The summed E-state index contributed by atoms with van der Waals surface area (Å²) < 4.78 is 1.20. The minimum atomic E-state index is -1.77. The predicted molar refractivity (Wildman–Crippen MR) is 161 cm³/mol. The van der Waals surface area contributed by atoms with Crippen LogP contribution in [-0.2, 0) is 0 Å². The topological polar surface area (TPSA) is 36.7 Å². The van der Waals surface area contributed by atoms with Crippen molar-refractivity contribution in [2.24, 2.45) is 0 Å². The summed E-state index contributed by atoms with van der Waals surface area (Å²) in [6, 6.07) is 10.2. The fourth-order valence-electron chi connectivity index (χ4n) is 5.76. The van der Waals surface area contributed by atoms with Crippen molar-refractivity contribution in [3.63, 3.8) is 0 Å².